The van der Waals surface area contributed by atoms with Crippen LogP contribution < -0.4 is 4.74 Å². The lowest BCUT2D eigenvalue weighted by Gasteiger charge is -2.07. The third-order valence-electron chi connectivity index (χ3n) is 6.03. The Morgan fingerprint density at radius 2 is 1.49 bits per heavy atom. The fourth-order valence-corrected chi connectivity index (χ4v) is 4.16. The summed E-state index contributed by atoms with van der Waals surface area (Å²) in [5.74, 6) is 0.0420. The molecule has 0 spiro atoms. The standard InChI is InChI=1S/C30H24N2O4.H2O/c1-3-36-30(34)25-17-28(29(33)23-11-9-21(10-12-23)20-7-5-4-6-8-20)32-19-31-26(18-27(25)32)22-13-15-24(35-2)16-14-22;/h4-19H,3H2,1-2H3;1H2. The Morgan fingerprint density at radius 1 is 0.838 bits per heavy atom. The predicted molar refractivity (Wildman–Crippen MR) is 142 cm³/mol. The third kappa shape index (κ3) is 4.98. The molecule has 5 rings (SSSR count). The molecule has 0 atom stereocenters. The summed E-state index contributed by atoms with van der Waals surface area (Å²) in [6.45, 7) is 1.98. The van der Waals surface area contributed by atoms with E-state index in [4.69, 9.17) is 9.47 Å². The van der Waals surface area contributed by atoms with Crippen LogP contribution in [0.4, 0.5) is 0 Å². The molecule has 2 aromatic heterocycles. The maximum atomic E-state index is 13.5. The van der Waals surface area contributed by atoms with Gasteiger partial charge in [-0.05, 0) is 54.4 Å². The second-order valence-corrected chi connectivity index (χ2v) is 8.19. The summed E-state index contributed by atoms with van der Waals surface area (Å²) in [5.41, 5.74) is 5.35. The Kier molecular flexibility index (Phi) is 7.46. The van der Waals surface area contributed by atoms with E-state index >= 15 is 0 Å². The van der Waals surface area contributed by atoms with Gasteiger partial charge in [0.2, 0.25) is 5.78 Å². The fourth-order valence-electron chi connectivity index (χ4n) is 4.16. The molecule has 0 radical (unpaired) electrons. The Balaban J connectivity index is 0.00000320. The molecule has 0 aliphatic rings. The van der Waals surface area contributed by atoms with Gasteiger partial charge in [-0.25, -0.2) is 9.78 Å². The molecule has 3 aromatic carbocycles. The first kappa shape index (κ1) is 25.3. The minimum Gasteiger partial charge on any atom is -0.497 e. The molecule has 0 fully saturated rings. The molecule has 7 nitrogen and oxygen atoms in total. The fraction of sp³-hybridized carbons (Fsp3) is 0.100. The topological polar surface area (TPSA) is 101 Å². The van der Waals surface area contributed by atoms with E-state index in [1.54, 1.807) is 49.0 Å². The molecule has 0 unspecified atom stereocenters. The van der Waals surface area contributed by atoms with Gasteiger partial charge in [0, 0.05) is 11.1 Å². The number of rotatable bonds is 7. The van der Waals surface area contributed by atoms with Crippen molar-refractivity contribution in [2.75, 3.05) is 13.7 Å². The van der Waals surface area contributed by atoms with Crippen LogP contribution in [0, 0.1) is 0 Å². The second kappa shape index (κ2) is 10.9. The van der Waals surface area contributed by atoms with Crippen molar-refractivity contribution in [2.45, 2.75) is 6.92 Å². The molecule has 0 saturated carbocycles. The maximum Gasteiger partial charge on any atom is 0.340 e. The van der Waals surface area contributed by atoms with Gasteiger partial charge in [-0.3, -0.25) is 9.20 Å². The first-order valence-electron chi connectivity index (χ1n) is 11.6. The first-order chi connectivity index (χ1) is 17.6. The lowest BCUT2D eigenvalue weighted by Crippen LogP contribution is -2.05. The van der Waals surface area contributed by atoms with Gasteiger partial charge in [0.25, 0.3) is 0 Å². The van der Waals surface area contributed by atoms with Crippen molar-refractivity contribution in [2.24, 2.45) is 0 Å². The van der Waals surface area contributed by atoms with Crippen LogP contribution in [0.25, 0.3) is 27.9 Å². The number of hydrogen-bond acceptors (Lipinski definition) is 5. The molecular weight excluding hydrogens is 468 g/mol. The highest BCUT2D eigenvalue weighted by atomic mass is 16.5. The maximum absolute atomic E-state index is 13.5. The van der Waals surface area contributed by atoms with Crippen molar-refractivity contribution in [3.05, 3.63) is 114 Å². The first-order valence-corrected chi connectivity index (χ1v) is 11.6. The van der Waals surface area contributed by atoms with E-state index in [-0.39, 0.29) is 17.9 Å². The molecule has 0 saturated heterocycles. The van der Waals surface area contributed by atoms with Gasteiger partial charge in [-0.2, -0.15) is 0 Å². The van der Waals surface area contributed by atoms with Crippen molar-refractivity contribution < 1.29 is 24.5 Å². The van der Waals surface area contributed by atoms with E-state index in [1.807, 2.05) is 66.7 Å². The highest BCUT2D eigenvalue weighted by molar-refractivity contribution is 6.11. The largest absolute Gasteiger partial charge is 0.497 e. The molecule has 0 amide bonds. The van der Waals surface area contributed by atoms with Crippen LogP contribution in [0.3, 0.4) is 0 Å². The zero-order valence-electron chi connectivity index (χ0n) is 20.5. The van der Waals surface area contributed by atoms with E-state index in [0.29, 0.717) is 28.0 Å². The molecule has 0 bridgehead atoms. The number of ether oxygens (including phenoxy) is 2. The normalized spacial score (nSPS) is 10.5. The number of esters is 1. The number of aromatic nitrogens is 2. The summed E-state index contributed by atoms with van der Waals surface area (Å²) in [4.78, 5) is 30.9. The van der Waals surface area contributed by atoms with Crippen LogP contribution in [-0.4, -0.2) is 40.3 Å². The molecular formula is C30H26N2O5. The minimum atomic E-state index is -0.486. The van der Waals surface area contributed by atoms with Crippen LogP contribution in [0.15, 0.2) is 97.3 Å². The Labute approximate surface area is 214 Å². The second-order valence-electron chi connectivity index (χ2n) is 8.19. The Morgan fingerprint density at radius 3 is 2.14 bits per heavy atom. The number of benzene rings is 3. The summed E-state index contributed by atoms with van der Waals surface area (Å²) in [6, 6.07) is 28.3. The number of methoxy groups -OCH3 is 1. The number of nitrogens with zero attached hydrogens (tertiary/aromatic N) is 2. The van der Waals surface area contributed by atoms with Crippen molar-refractivity contribution in [1.29, 1.82) is 0 Å². The molecule has 7 heteroatoms. The van der Waals surface area contributed by atoms with Gasteiger partial charge < -0.3 is 14.9 Å². The average molecular weight is 495 g/mol. The number of hydrogen-bond donors (Lipinski definition) is 0. The van der Waals surface area contributed by atoms with Crippen LogP contribution in [0.1, 0.15) is 33.3 Å². The summed E-state index contributed by atoms with van der Waals surface area (Å²) < 4.78 is 12.2. The Hall–Kier alpha value is -4.75. The van der Waals surface area contributed by atoms with Crippen molar-refractivity contribution in [3.8, 4) is 28.1 Å². The van der Waals surface area contributed by atoms with Crippen molar-refractivity contribution in [1.82, 2.24) is 9.38 Å². The summed E-state index contributed by atoms with van der Waals surface area (Å²) in [6.07, 6.45) is 1.57. The zero-order valence-corrected chi connectivity index (χ0v) is 20.5. The predicted octanol–water partition coefficient (Wildman–Crippen LogP) is 5.26. The monoisotopic (exact) mass is 494 g/mol. The number of ketones is 1. The molecule has 2 N–H and O–H groups in total. The van der Waals surface area contributed by atoms with Crippen LogP contribution in [0.2, 0.25) is 0 Å². The summed E-state index contributed by atoms with van der Waals surface area (Å²) in [7, 11) is 1.61. The summed E-state index contributed by atoms with van der Waals surface area (Å²) >= 11 is 0. The van der Waals surface area contributed by atoms with Gasteiger partial charge >= 0.3 is 5.97 Å². The Bertz CT molecular complexity index is 1540. The van der Waals surface area contributed by atoms with Crippen molar-refractivity contribution in [3.63, 3.8) is 0 Å². The molecule has 5 aromatic rings. The smallest absolute Gasteiger partial charge is 0.340 e. The number of carbonyl (C=O) groups excluding carboxylic acids is 2. The van der Waals surface area contributed by atoms with E-state index in [0.717, 1.165) is 22.4 Å². The molecule has 2 heterocycles. The third-order valence-corrected chi connectivity index (χ3v) is 6.03. The van der Waals surface area contributed by atoms with Gasteiger partial charge in [0.15, 0.2) is 0 Å². The van der Waals surface area contributed by atoms with Crippen molar-refractivity contribution >= 4 is 17.3 Å². The number of fused-ring (bicyclic) bond motifs is 1. The van der Waals surface area contributed by atoms with Gasteiger partial charge in [0.05, 0.1) is 36.2 Å². The van der Waals surface area contributed by atoms with Gasteiger partial charge in [-0.15, -0.1) is 0 Å². The highest BCUT2D eigenvalue weighted by Crippen LogP contribution is 2.27. The summed E-state index contributed by atoms with van der Waals surface area (Å²) in [5, 5.41) is 0. The quantitative estimate of drug-likeness (QED) is 0.227. The minimum absolute atomic E-state index is 0. The van der Waals surface area contributed by atoms with Crippen LogP contribution in [0.5, 0.6) is 5.75 Å². The highest BCUT2D eigenvalue weighted by Gasteiger charge is 2.22. The number of carbonyl (C=O) groups is 2. The molecule has 37 heavy (non-hydrogen) atoms. The average Bonchev–Trinajstić information content (AvgIpc) is 3.32. The lowest BCUT2D eigenvalue weighted by atomic mass is 10.0. The van der Waals surface area contributed by atoms with Gasteiger partial charge in [0.1, 0.15) is 12.1 Å². The van der Waals surface area contributed by atoms with E-state index < -0.39 is 5.97 Å². The van der Waals surface area contributed by atoms with Crippen LogP contribution in [-0.2, 0) is 4.74 Å². The van der Waals surface area contributed by atoms with Crippen LogP contribution >= 0.6 is 0 Å². The zero-order chi connectivity index (χ0) is 25.1. The molecule has 0 aliphatic carbocycles. The molecule has 0 aliphatic heterocycles. The van der Waals surface area contributed by atoms with E-state index in [1.165, 1.54) is 0 Å². The van der Waals surface area contributed by atoms with E-state index in [2.05, 4.69) is 4.98 Å². The van der Waals surface area contributed by atoms with E-state index in [9.17, 15) is 9.59 Å². The lowest BCUT2D eigenvalue weighted by molar-refractivity contribution is 0.0529. The van der Waals surface area contributed by atoms with Gasteiger partial charge in [-0.1, -0.05) is 54.6 Å². The molecule has 186 valence electrons. The SMILES string of the molecule is CCOC(=O)c1cc(C(=O)c2ccc(-c3ccccc3)cc2)n2cnc(-c3ccc(OC)cc3)cc12.O.